The third-order valence-electron chi connectivity index (χ3n) is 4.57. The summed E-state index contributed by atoms with van der Waals surface area (Å²) in [6.45, 7) is 6.26. The number of nitrogens with zero attached hydrogens (tertiary/aromatic N) is 2. The van der Waals surface area contributed by atoms with Crippen molar-refractivity contribution in [1.29, 1.82) is 0 Å². The van der Waals surface area contributed by atoms with Crippen LogP contribution in [-0.2, 0) is 17.6 Å². The highest BCUT2D eigenvalue weighted by Gasteiger charge is 2.27. The van der Waals surface area contributed by atoms with Crippen LogP contribution in [0.15, 0.2) is 24.3 Å². The van der Waals surface area contributed by atoms with Crippen LogP contribution < -0.4 is 27.6 Å². The van der Waals surface area contributed by atoms with Crippen molar-refractivity contribution < 1.29 is 9.53 Å². The monoisotopic (exact) mass is 384 g/mol. The summed E-state index contributed by atoms with van der Waals surface area (Å²) in [4.78, 5) is 18.3. The highest BCUT2D eigenvalue weighted by atomic mass is 16.6. The fraction of sp³-hybridized carbons (Fsp3) is 0.400. The minimum absolute atomic E-state index is 0.314. The molecule has 0 radical (unpaired) electrons. The second-order valence-electron chi connectivity index (χ2n) is 7.99. The number of aryl methyl sites for hydroxylation is 1. The molecule has 0 atom stereocenters. The average Bonchev–Trinajstić information content (AvgIpc) is 2.62. The normalized spacial score (nSPS) is 13.8. The number of aromatic nitrogens is 1. The number of anilines is 4. The number of hydrazine groups is 1. The van der Waals surface area contributed by atoms with E-state index in [1.54, 1.807) is 11.0 Å². The zero-order chi connectivity index (χ0) is 20.5. The number of hydrogen-bond acceptors (Lipinski definition) is 7. The van der Waals surface area contributed by atoms with Crippen molar-refractivity contribution in [3.8, 4) is 0 Å². The molecule has 0 spiro atoms. The summed E-state index contributed by atoms with van der Waals surface area (Å²) in [6, 6.07) is 7.82. The van der Waals surface area contributed by atoms with E-state index in [-0.39, 0.29) is 6.09 Å². The van der Waals surface area contributed by atoms with Gasteiger partial charge in [0.1, 0.15) is 11.4 Å². The Bertz CT molecular complexity index is 891. The van der Waals surface area contributed by atoms with Crippen molar-refractivity contribution in [3.63, 3.8) is 0 Å². The fourth-order valence-electron chi connectivity index (χ4n) is 3.37. The number of nitrogens with one attached hydrogen (secondary N) is 1. The predicted octanol–water partition coefficient (Wildman–Crippen LogP) is 2.81. The van der Waals surface area contributed by atoms with Gasteiger partial charge in [0.15, 0.2) is 5.82 Å². The number of hydrogen-bond donors (Lipinski definition) is 4. The van der Waals surface area contributed by atoms with Gasteiger partial charge in [0.05, 0.1) is 11.4 Å². The van der Waals surface area contributed by atoms with E-state index in [1.165, 1.54) is 0 Å². The van der Waals surface area contributed by atoms with E-state index in [2.05, 4.69) is 16.5 Å². The van der Waals surface area contributed by atoms with Crippen LogP contribution in [0.25, 0.3) is 0 Å². The van der Waals surface area contributed by atoms with E-state index in [9.17, 15) is 4.79 Å². The van der Waals surface area contributed by atoms with E-state index >= 15 is 0 Å². The lowest BCUT2D eigenvalue weighted by atomic mass is 9.96. The van der Waals surface area contributed by atoms with Gasteiger partial charge in [0, 0.05) is 6.54 Å². The van der Waals surface area contributed by atoms with E-state index in [4.69, 9.17) is 22.0 Å². The van der Waals surface area contributed by atoms with Gasteiger partial charge in [-0.05, 0) is 68.9 Å². The second kappa shape index (κ2) is 7.55. The quantitative estimate of drug-likeness (QED) is 0.472. The maximum atomic E-state index is 12.6. The summed E-state index contributed by atoms with van der Waals surface area (Å²) >= 11 is 0. The molecule has 0 bridgehead atoms. The zero-order valence-electron chi connectivity index (χ0n) is 16.6. The molecule has 0 aliphatic carbocycles. The topological polar surface area (TPSA) is 133 Å². The van der Waals surface area contributed by atoms with Crippen molar-refractivity contribution in [1.82, 2.24) is 4.98 Å². The van der Waals surface area contributed by atoms with Crippen LogP contribution in [0.2, 0.25) is 0 Å². The second-order valence-corrected chi connectivity index (χ2v) is 7.99. The minimum atomic E-state index is -0.526. The highest BCUT2D eigenvalue weighted by molar-refractivity contribution is 5.89. The molecule has 1 amide bonds. The van der Waals surface area contributed by atoms with Crippen molar-refractivity contribution >= 4 is 29.1 Å². The number of nitrogen functional groups attached to an aromatic ring is 3. The Kier molecular flexibility index (Phi) is 5.33. The number of rotatable bonds is 3. The highest BCUT2D eigenvalue weighted by Crippen LogP contribution is 2.31. The maximum Gasteiger partial charge on any atom is 0.414 e. The average molecular weight is 384 g/mol. The third-order valence-corrected chi connectivity index (χ3v) is 4.57. The van der Waals surface area contributed by atoms with Crippen molar-refractivity contribution in [2.45, 2.75) is 45.6 Å². The van der Waals surface area contributed by atoms with E-state index in [0.29, 0.717) is 30.3 Å². The number of pyridine rings is 1. The minimum Gasteiger partial charge on any atom is -0.443 e. The number of nitrogens with two attached hydrogens (primary N) is 3. The van der Waals surface area contributed by atoms with Crippen LogP contribution in [0.5, 0.6) is 0 Å². The first-order chi connectivity index (χ1) is 13.2. The lowest BCUT2D eigenvalue weighted by Crippen LogP contribution is -2.39. The van der Waals surface area contributed by atoms with E-state index < -0.39 is 5.60 Å². The molecule has 150 valence electrons. The summed E-state index contributed by atoms with van der Waals surface area (Å²) in [5.41, 5.74) is 18.4. The Morgan fingerprint density at radius 1 is 1.29 bits per heavy atom. The Balaban J connectivity index is 1.86. The molecule has 1 aliphatic rings. The van der Waals surface area contributed by atoms with Crippen molar-refractivity contribution in [2.24, 2.45) is 5.84 Å². The number of carbonyl (C=O) groups excluding carboxylic acids is 1. The van der Waals surface area contributed by atoms with Crippen molar-refractivity contribution in [2.75, 3.05) is 28.3 Å². The van der Waals surface area contributed by atoms with Crippen LogP contribution in [0.4, 0.5) is 27.8 Å². The zero-order valence-corrected chi connectivity index (χ0v) is 16.6. The van der Waals surface area contributed by atoms with Gasteiger partial charge >= 0.3 is 6.09 Å². The van der Waals surface area contributed by atoms with Gasteiger partial charge in [-0.15, -0.1) is 0 Å². The molecular weight excluding hydrogens is 356 g/mol. The third kappa shape index (κ3) is 4.28. The smallest absolute Gasteiger partial charge is 0.414 e. The van der Waals surface area contributed by atoms with E-state index in [1.807, 2.05) is 32.9 Å². The fourth-order valence-corrected chi connectivity index (χ4v) is 3.37. The molecule has 1 aromatic heterocycles. The van der Waals surface area contributed by atoms with Gasteiger partial charge in [-0.3, -0.25) is 4.90 Å². The first kappa shape index (κ1) is 19.8. The van der Waals surface area contributed by atoms with Crippen molar-refractivity contribution in [3.05, 3.63) is 41.0 Å². The summed E-state index contributed by atoms with van der Waals surface area (Å²) in [6.07, 6.45) is 2.08. The Morgan fingerprint density at radius 2 is 2.04 bits per heavy atom. The van der Waals surface area contributed by atoms with Gasteiger partial charge in [0.25, 0.3) is 0 Å². The van der Waals surface area contributed by atoms with Crippen LogP contribution in [0.1, 0.15) is 43.9 Å². The van der Waals surface area contributed by atoms with E-state index in [0.717, 1.165) is 35.2 Å². The van der Waals surface area contributed by atoms with Gasteiger partial charge in [0.2, 0.25) is 0 Å². The van der Waals surface area contributed by atoms with Gasteiger partial charge in [-0.25, -0.2) is 15.6 Å². The molecular formula is C20H28N6O2. The summed E-state index contributed by atoms with van der Waals surface area (Å²) < 4.78 is 5.55. The van der Waals surface area contributed by atoms with Crippen LogP contribution in [-0.4, -0.2) is 23.2 Å². The molecule has 28 heavy (non-hydrogen) atoms. The van der Waals surface area contributed by atoms with Crippen LogP contribution in [0.3, 0.4) is 0 Å². The molecule has 0 saturated heterocycles. The van der Waals surface area contributed by atoms with Gasteiger partial charge in [-0.1, -0.05) is 12.1 Å². The molecule has 1 aliphatic heterocycles. The Labute approximate surface area is 165 Å². The lowest BCUT2D eigenvalue weighted by Gasteiger charge is -2.32. The first-order valence-corrected chi connectivity index (χ1v) is 9.32. The SMILES string of the molecule is CC(C)(C)OC(=O)N1CCCc2cc(Cc3cc(N)nc(NN)c3N)ccc21. The molecule has 0 unspecified atom stereocenters. The van der Waals surface area contributed by atoms with Crippen LogP contribution >= 0.6 is 0 Å². The number of ether oxygens (including phenoxy) is 1. The number of benzene rings is 1. The lowest BCUT2D eigenvalue weighted by molar-refractivity contribution is 0.0578. The predicted molar refractivity (Wildman–Crippen MR) is 112 cm³/mol. The molecule has 2 aromatic rings. The number of carbonyl (C=O) groups is 1. The largest absolute Gasteiger partial charge is 0.443 e. The van der Waals surface area contributed by atoms with Crippen LogP contribution in [0, 0.1) is 0 Å². The van der Waals surface area contributed by atoms with Gasteiger partial charge in [-0.2, -0.15) is 0 Å². The maximum absolute atomic E-state index is 12.6. The summed E-state index contributed by atoms with van der Waals surface area (Å²) in [5.74, 6) is 6.18. The summed E-state index contributed by atoms with van der Waals surface area (Å²) in [7, 11) is 0. The molecule has 8 heteroatoms. The van der Waals surface area contributed by atoms with Gasteiger partial charge < -0.3 is 21.6 Å². The molecule has 0 saturated carbocycles. The molecule has 7 N–H and O–H groups in total. The standard InChI is InChI=1S/C20H28N6O2/c1-20(2,3)28-19(27)26-8-4-5-13-9-12(6-7-15(13)26)10-14-11-16(21)24-18(25-23)17(14)22/h6-7,9,11H,4-5,8,10,22-23H2,1-3H3,(H3,21,24,25). The Hall–Kier alpha value is -3.00. The molecule has 3 rings (SSSR count). The molecule has 2 heterocycles. The number of amides is 1. The molecule has 1 aromatic carbocycles. The first-order valence-electron chi connectivity index (χ1n) is 9.32. The Morgan fingerprint density at radius 3 is 2.71 bits per heavy atom. The molecule has 0 fully saturated rings. The summed E-state index contributed by atoms with van der Waals surface area (Å²) in [5, 5.41) is 0. The molecule has 8 nitrogen and oxygen atoms in total. The number of fused-ring (bicyclic) bond motifs is 1.